The average molecular weight is 357 g/mol. The highest BCUT2D eigenvalue weighted by molar-refractivity contribution is 6.31. The first-order valence-corrected chi connectivity index (χ1v) is 8.19. The Morgan fingerprint density at radius 3 is 2.56 bits per heavy atom. The van der Waals surface area contributed by atoms with Crippen molar-refractivity contribution < 1.29 is 18.7 Å². The zero-order valence-electron chi connectivity index (χ0n) is 13.7. The topological polar surface area (TPSA) is 48.7 Å². The van der Waals surface area contributed by atoms with Gasteiger partial charge < -0.3 is 13.9 Å². The molecule has 128 valence electrons. The Morgan fingerprint density at radius 1 is 1.00 bits per heavy atom. The highest BCUT2D eigenvalue weighted by Gasteiger charge is 2.14. The van der Waals surface area contributed by atoms with Gasteiger partial charge in [0, 0.05) is 10.6 Å². The van der Waals surface area contributed by atoms with Crippen LogP contribution in [0.25, 0.3) is 0 Å². The molecule has 1 aromatic heterocycles. The van der Waals surface area contributed by atoms with Crippen molar-refractivity contribution >= 4 is 17.6 Å². The second-order valence-corrected chi connectivity index (χ2v) is 5.89. The molecule has 1 heterocycles. The summed E-state index contributed by atoms with van der Waals surface area (Å²) in [6.45, 7) is 2.30. The van der Waals surface area contributed by atoms with E-state index in [1.54, 1.807) is 24.3 Å². The number of esters is 1. The van der Waals surface area contributed by atoms with E-state index < -0.39 is 5.97 Å². The van der Waals surface area contributed by atoms with Gasteiger partial charge in [-0.1, -0.05) is 48.0 Å². The fourth-order valence-corrected chi connectivity index (χ4v) is 2.45. The van der Waals surface area contributed by atoms with Gasteiger partial charge in [0.05, 0.1) is 0 Å². The van der Waals surface area contributed by atoms with Crippen LogP contribution in [-0.2, 0) is 18.0 Å². The number of halogens is 1. The van der Waals surface area contributed by atoms with E-state index in [1.807, 2.05) is 43.3 Å². The van der Waals surface area contributed by atoms with E-state index >= 15 is 0 Å². The molecule has 0 aliphatic rings. The Hall–Kier alpha value is -2.72. The van der Waals surface area contributed by atoms with Crippen LogP contribution in [0.4, 0.5) is 0 Å². The maximum Gasteiger partial charge on any atom is 0.374 e. The Morgan fingerprint density at radius 2 is 1.76 bits per heavy atom. The zero-order valence-corrected chi connectivity index (χ0v) is 14.5. The van der Waals surface area contributed by atoms with Gasteiger partial charge in [-0.3, -0.25) is 0 Å². The van der Waals surface area contributed by atoms with Crippen molar-refractivity contribution in [3.63, 3.8) is 0 Å². The molecule has 0 amide bonds. The number of benzene rings is 2. The Kier molecular flexibility index (Phi) is 5.41. The van der Waals surface area contributed by atoms with E-state index in [1.165, 1.54) is 0 Å². The fraction of sp³-hybridized carbons (Fsp3) is 0.150. The molecular formula is C20H17ClO4. The van der Waals surface area contributed by atoms with Crippen molar-refractivity contribution in [2.24, 2.45) is 0 Å². The number of furan rings is 1. The SMILES string of the molecule is Cc1ccccc1OCc1ccc(C(=O)OCc2ccccc2Cl)o1. The number of ether oxygens (including phenoxy) is 2. The molecule has 3 rings (SSSR count). The summed E-state index contributed by atoms with van der Waals surface area (Å²) in [6, 6.07) is 18.2. The van der Waals surface area contributed by atoms with Gasteiger partial charge >= 0.3 is 5.97 Å². The number of carbonyl (C=O) groups excluding carboxylic acids is 1. The largest absolute Gasteiger partial charge is 0.485 e. The number of hydrogen-bond acceptors (Lipinski definition) is 4. The minimum Gasteiger partial charge on any atom is -0.485 e. The summed E-state index contributed by atoms with van der Waals surface area (Å²) in [6.07, 6.45) is 0. The molecule has 0 fully saturated rings. The molecule has 0 aliphatic carbocycles. The lowest BCUT2D eigenvalue weighted by molar-refractivity contribution is 0.0432. The average Bonchev–Trinajstić information content (AvgIpc) is 3.09. The number of aryl methyl sites for hydroxylation is 1. The molecule has 0 atom stereocenters. The summed E-state index contributed by atoms with van der Waals surface area (Å²) in [4.78, 5) is 12.1. The third-order valence-corrected chi connectivity index (χ3v) is 4.01. The van der Waals surface area contributed by atoms with Crippen molar-refractivity contribution in [2.75, 3.05) is 0 Å². The predicted molar refractivity (Wildman–Crippen MR) is 94.8 cm³/mol. The van der Waals surface area contributed by atoms with Gasteiger partial charge in [0.25, 0.3) is 0 Å². The quantitative estimate of drug-likeness (QED) is 0.571. The molecule has 0 saturated heterocycles. The van der Waals surface area contributed by atoms with Crippen LogP contribution in [-0.4, -0.2) is 5.97 Å². The van der Waals surface area contributed by atoms with E-state index in [2.05, 4.69) is 0 Å². The predicted octanol–water partition coefficient (Wildman–Crippen LogP) is 5.18. The standard InChI is InChI=1S/C20H17ClO4/c1-14-6-2-5-9-18(14)23-13-16-10-11-19(25-16)20(22)24-12-15-7-3-4-8-17(15)21/h2-11H,12-13H2,1H3. The highest BCUT2D eigenvalue weighted by atomic mass is 35.5. The van der Waals surface area contributed by atoms with E-state index in [9.17, 15) is 4.79 Å². The van der Waals surface area contributed by atoms with E-state index in [-0.39, 0.29) is 19.0 Å². The third kappa shape index (κ3) is 4.43. The van der Waals surface area contributed by atoms with Gasteiger partial charge in [-0.2, -0.15) is 0 Å². The van der Waals surface area contributed by atoms with Gasteiger partial charge in [0.1, 0.15) is 24.7 Å². The summed E-state index contributed by atoms with van der Waals surface area (Å²) >= 11 is 6.04. The highest BCUT2D eigenvalue weighted by Crippen LogP contribution is 2.20. The first kappa shape index (κ1) is 17.1. The minimum atomic E-state index is -0.540. The van der Waals surface area contributed by atoms with Gasteiger partial charge in [-0.25, -0.2) is 4.79 Å². The van der Waals surface area contributed by atoms with Gasteiger partial charge in [0.15, 0.2) is 0 Å². The van der Waals surface area contributed by atoms with Crippen LogP contribution in [0.1, 0.15) is 27.4 Å². The summed E-state index contributed by atoms with van der Waals surface area (Å²) in [5.41, 5.74) is 1.78. The second kappa shape index (κ2) is 7.90. The summed E-state index contributed by atoms with van der Waals surface area (Å²) in [5, 5.41) is 0.557. The normalized spacial score (nSPS) is 10.5. The lowest BCUT2D eigenvalue weighted by Crippen LogP contribution is -2.04. The molecule has 0 bridgehead atoms. The monoisotopic (exact) mass is 356 g/mol. The lowest BCUT2D eigenvalue weighted by atomic mass is 10.2. The summed E-state index contributed by atoms with van der Waals surface area (Å²) in [5.74, 6) is 0.923. The van der Waals surface area contributed by atoms with Crippen molar-refractivity contribution in [1.29, 1.82) is 0 Å². The third-order valence-electron chi connectivity index (χ3n) is 3.64. The summed E-state index contributed by atoms with van der Waals surface area (Å²) in [7, 11) is 0. The van der Waals surface area contributed by atoms with Crippen LogP contribution in [0.3, 0.4) is 0 Å². The van der Waals surface area contributed by atoms with Crippen molar-refractivity contribution in [3.05, 3.63) is 88.3 Å². The van der Waals surface area contributed by atoms with Crippen molar-refractivity contribution in [1.82, 2.24) is 0 Å². The van der Waals surface area contributed by atoms with Crippen molar-refractivity contribution in [2.45, 2.75) is 20.1 Å². The van der Waals surface area contributed by atoms with E-state index in [4.69, 9.17) is 25.5 Å². The zero-order chi connectivity index (χ0) is 17.6. The Bertz CT molecular complexity index is 869. The smallest absolute Gasteiger partial charge is 0.374 e. The molecular weight excluding hydrogens is 340 g/mol. The first-order valence-electron chi connectivity index (χ1n) is 7.81. The molecule has 0 unspecified atom stereocenters. The van der Waals surface area contributed by atoms with Gasteiger partial charge in [0.2, 0.25) is 5.76 Å². The van der Waals surface area contributed by atoms with Crippen molar-refractivity contribution in [3.8, 4) is 5.75 Å². The Labute approximate surface area is 150 Å². The molecule has 0 spiro atoms. The molecule has 4 nitrogen and oxygen atoms in total. The van der Waals surface area contributed by atoms with Crippen LogP contribution in [0.2, 0.25) is 5.02 Å². The molecule has 5 heteroatoms. The van der Waals surface area contributed by atoms with E-state index in [0.717, 1.165) is 16.9 Å². The molecule has 0 N–H and O–H groups in total. The van der Waals surface area contributed by atoms with Gasteiger partial charge in [-0.05, 0) is 36.8 Å². The Balaban J connectivity index is 1.56. The molecule has 0 aliphatic heterocycles. The minimum absolute atomic E-state index is 0.0915. The fourth-order valence-electron chi connectivity index (χ4n) is 2.26. The second-order valence-electron chi connectivity index (χ2n) is 5.49. The van der Waals surface area contributed by atoms with Crippen LogP contribution in [0.5, 0.6) is 5.75 Å². The number of para-hydroxylation sites is 1. The number of rotatable bonds is 6. The lowest BCUT2D eigenvalue weighted by Gasteiger charge is -2.07. The molecule has 3 aromatic rings. The van der Waals surface area contributed by atoms with Crippen LogP contribution >= 0.6 is 11.6 Å². The van der Waals surface area contributed by atoms with E-state index in [0.29, 0.717) is 10.8 Å². The molecule has 25 heavy (non-hydrogen) atoms. The van der Waals surface area contributed by atoms with Gasteiger partial charge in [-0.15, -0.1) is 0 Å². The molecule has 0 saturated carbocycles. The summed E-state index contributed by atoms with van der Waals surface area (Å²) < 4.78 is 16.4. The number of carbonyl (C=O) groups is 1. The van der Waals surface area contributed by atoms with Crippen LogP contribution < -0.4 is 4.74 Å². The first-order chi connectivity index (χ1) is 12.1. The number of hydrogen-bond donors (Lipinski definition) is 0. The maximum absolute atomic E-state index is 12.1. The molecule has 2 aromatic carbocycles. The van der Waals surface area contributed by atoms with Crippen LogP contribution in [0.15, 0.2) is 65.1 Å². The molecule has 0 radical (unpaired) electrons. The maximum atomic E-state index is 12.1. The van der Waals surface area contributed by atoms with Crippen LogP contribution in [0, 0.1) is 6.92 Å².